The van der Waals surface area contributed by atoms with Gasteiger partial charge in [-0.3, -0.25) is 0 Å². The van der Waals surface area contributed by atoms with E-state index < -0.39 is 12.4 Å². The quantitative estimate of drug-likeness (QED) is 0.862. The van der Waals surface area contributed by atoms with Crippen LogP contribution in [0.2, 0.25) is 10.0 Å². The third-order valence-electron chi connectivity index (χ3n) is 2.77. The molecule has 0 unspecified atom stereocenters. The summed E-state index contributed by atoms with van der Waals surface area (Å²) in [5.41, 5.74) is 7.24. The van der Waals surface area contributed by atoms with Crippen LogP contribution in [0.4, 0.5) is 13.2 Å². The Balaban J connectivity index is 2.24. The Morgan fingerprint density at radius 3 is 2.19 bits per heavy atom. The number of ether oxygens (including phenoxy) is 1. The minimum atomic E-state index is -4.72. The Labute approximate surface area is 129 Å². The van der Waals surface area contributed by atoms with Crippen LogP contribution in [0, 0.1) is 0 Å². The number of rotatable bonds is 3. The van der Waals surface area contributed by atoms with Crippen LogP contribution in [0.1, 0.15) is 17.2 Å². The molecular formula is C14H10Cl2F3NO. The number of alkyl halides is 3. The van der Waals surface area contributed by atoms with Gasteiger partial charge in [0.15, 0.2) is 0 Å². The largest absolute Gasteiger partial charge is 0.573 e. The predicted octanol–water partition coefficient (Wildman–Crippen LogP) is 4.94. The first-order chi connectivity index (χ1) is 9.76. The van der Waals surface area contributed by atoms with Gasteiger partial charge in [-0.05, 0) is 41.5 Å². The van der Waals surface area contributed by atoms with Gasteiger partial charge in [0, 0.05) is 10.0 Å². The fourth-order valence-corrected chi connectivity index (χ4v) is 2.22. The molecule has 0 aliphatic rings. The van der Waals surface area contributed by atoms with E-state index in [1.807, 2.05) is 0 Å². The fraction of sp³-hybridized carbons (Fsp3) is 0.143. The molecule has 0 saturated heterocycles. The molecule has 112 valence electrons. The first kappa shape index (κ1) is 15.9. The molecule has 2 rings (SSSR count). The lowest BCUT2D eigenvalue weighted by Gasteiger charge is -2.15. The summed E-state index contributed by atoms with van der Waals surface area (Å²) in [7, 11) is 0. The lowest BCUT2D eigenvalue weighted by Crippen LogP contribution is -2.17. The fourth-order valence-electron chi connectivity index (χ4n) is 1.81. The zero-order valence-corrected chi connectivity index (χ0v) is 12.0. The van der Waals surface area contributed by atoms with Crippen molar-refractivity contribution < 1.29 is 17.9 Å². The molecule has 7 heteroatoms. The van der Waals surface area contributed by atoms with Gasteiger partial charge in [-0.1, -0.05) is 35.3 Å². The molecule has 2 N–H and O–H groups in total. The van der Waals surface area contributed by atoms with Crippen LogP contribution >= 0.6 is 23.2 Å². The molecule has 0 radical (unpaired) electrons. The number of nitrogens with two attached hydrogens (primary N) is 1. The third-order valence-corrected chi connectivity index (χ3v) is 3.35. The molecule has 2 nitrogen and oxygen atoms in total. The lowest BCUT2D eigenvalue weighted by atomic mass is 9.99. The van der Waals surface area contributed by atoms with Crippen LogP contribution in [0.15, 0.2) is 42.5 Å². The Bertz CT molecular complexity index is 629. The summed E-state index contributed by atoms with van der Waals surface area (Å²) in [6.45, 7) is 0. The summed E-state index contributed by atoms with van der Waals surface area (Å²) in [5.74, 6) is -0.310. The molecule has 21 heavy (non-hydrogen) atoms. The Morgan fingerprint density at radius 1 is 1.00 bits per heavy atom. The molecule has 0 aromatic heterocycles. The highest BCUT2D eigenvalue weighted by Crippen LogP contribution is 2.30. The smallest absolute Gasteiger partial charge is 0.406 e. The van der Waals surface area contributed by atoms with Gasteiger partial charge in [-0.15, -0.1) is 13.2 Å². The molecular weight excluding hydrogens is 326 g/mol. The van der Waals surface area contributed by atoms with Crippen LogP contribution in [0.3, 0.4) is 0 Å². The predicted molar refractivity (Wildman–Crippen MR) is 75.6 cm³/mol. The summed E-state index contributed by atoms with van der Waals surface area (Å²) < 4.78 is 40.0. The number of benzene rings is 2. The van der Waals surface area contributed by atoms with Crippen molar-refractivity contribution in [3.63, 3.8) is 0 Å². The van der Waals surface area contributed by atoms with E-state index in [1.54, 1.807) is 18.2 Å². The van der Waals surface area contributed by atoms with Crippen molar-refractivity contribution in [1.29, 1.82) is 0 Å². The van der Waals surface area contributed by atoms with Gasteiger partial charge in [0.2, 0.25) is 0 Å². The molecule has 1 atom stereocenters. The average Bonchev–Trinajstić information content (AvgIpc) is 2.40. The molecule has 2 aromatic rings. The molecule has 2 aromatic carbocycles. The molecule has 0 saturated carbocycles. The van der Waals surface area contributed by atoms with Crippen molar-refractivity contribution in [3.05, 3.63) is 63.6 Å². The number of hydrogen-bond donors (Lipinski definition) is 1. The number of halogens is 5. The molecule has 0 fully saturated rings. The van der Waals surface area contributed by atoms with Gasteiger partial charge in [-0.25, -0.2) is 0 Å². The summed E-state index contributed by atoms with van der Waals surface area (Å²) in [5, 5.41) is 0.907. The van der Waals surface area contributed by atoms with E-state index >= 15 is 0 Å². The van der Waals surface area contributed by atoms with E-state index in [2.05, 4.69) is 4.74 Å². The molecule has 0 amide bonds. The van der Waals surface area contributed by atoms with E-state index in [-0.39, 0.29) is 5.75 Å². The van der Waals surface area contributed by atoms with Crippen LogP contribution in [0.5, 0.6) is 5.75 Å². The highest BCUT2D eigenvalue weighted by Gasteiger charge is 2.31. The monoisotopic (exact) mass is 335 g/mol. The SMILES string of the molecule is N[C@H](c1ccc(OC(F)(F)F)cc1)c1cc(Cl)ccc1Cl. The Kier molecular flexibility index (Phi) is 4.66. The van der Waals surface area contributed by atoms with Crippen molar-refractivity contribution in [2.24, 2.45) is 5.73 Å². The van der Waals surface area contributed by atoms with Crippen LogP contribution < -0.4 is 10.5 Å². The highest BCUT2D eigenvalue weighted by molar-refractivity contribution is 6.33. The van der Waals surface area contributed by atoms with E-state index in [4.69, 9.17) is 28.9 Å². The zero-order chi connectivity index (χ0) is 15.6. The van der Waals surface area contributed by atoms with Gasteiger partial charge in [-0.2, -0.15) is 0 Å². The van der Waals surface area contributed by atoms with Crippen LogP contribution in [-0.2, 0) is 0 Å². The summed E-state index contributed by atoms with van der Waals surface area (Å²) in [6, 6.07) is 9.54. The second kappa shape index (κ2) is 6.13. The van der Waals surface area contributed by atoms with Crippen molar-refractivity contribution in [2.75, 3.05) is 0 Å². The second-order valence-electron chi connectivity index (χ2n) is 4.26. The van der Waals surface area contributed by atoms with Crippen molar-refractivity contribution in [1.82, 2.24) is 0 Å². The van der Waals surface area contributed by atoms with Crippen LogP contribution in [0.25, 0.3) is 0 Å². The maximum absolute atomic E-state index is 12.1. The van der Waals surface area contributed by atoms with Crippen molar-refractivity contribution in [2.45, 2.75) is 12.4 Å². The molecule has 0 aliphatic heterocycles. The molecule has 0 bridgehead atoms. The van der Waals surface area contributed by atoms with Gasteiger partial charge in [0.25, 0.3) is 0 Å². The summed E-state index contributed by atoms with van der Waals surface area (Å²) in [6.07, 6.45) is -4.72. The van der Waals surface area contributed by atoms with E-state index in [1.165, 1.54) is 24.3 Å². The summed E-state index contributed by atoms with van der Waals surface area (Å²) >= 11 is 11.9. The van der Waals surface area contributed by atoms with Crippen molar-refractivity contribution in [3.8, 4) is 5.75 Å². The van der Waals surface area contributed by atoms with Gasteiger partial charge >= 0.3 is 6.36 Å². The maximum atomic E-state index is 12.1. The Morgan fingerprint density at radius 2 is 1.62 bits per heavy atom. The second-order valence-corrected chi connectivity index (χ2v) is 5.10. The average molecular weight is 336 g/mol. The van der Waals surface area contributed by atoms with Crippen molar-refractivity contribution >= 4 is 23.2 Å². The molecule has 0 heterocycles. The standard InChI is InChI=1S/C14H10Cl2F3NO/c15-9-3-6-12(16)11(7-9)13(20)8-1-4-10(5-2-8)21-14(17,18)19/h1-7,13H,20H2/t13-/m1/s1. The van der Waals surface area contributed by atoms with E-state index in [0.29, 0.717) is 21.2 Å². The summed E-state index contributed by atoms with van der Waals surface area (Å²) in [4.78, 5) is 0. The van der Waals surface area contributed by atoms with E-state index in [0.717, 1.165) is 0 Å². The van der Waals surface area contributed by atoms with Gasteiger partial charge in [0.1, 0.15) is 5.75 Å². The first-order valence-electron chi connectivity index (χ1n) is 5.82. The van der Waals surface area contributed by atoms with Gasteiger partial charge < -0.3 is 10.5 Å². The highest BCUT2D eigenvalue weighted by atomic mass is 35.5. The van der Waals surface area contributed by atoms with Crippen LogP contribution in [-0.4, -0.2) is 6.36 Å². The van der Waals surface area contributed by atoms with E-state index in [9.17, 15) is 13.2 Å². The topological polar surface area (TPSA) is 35.2 Å². The third kappa shape index (κ3) is 4.27. The minimum absolute atomic E-state index is 0.310. The lowest BCUT2D eigenvalue weighted by molar-refractivity contribution is -0.274. The number of hydrogen-bond acceptors (Lipinski definition) is 2. The molecule has 0 spiro atoms. The normalized spacial score (nSPS) is 13.0. The zero-order valence-electron chi connectivity index (χ0n) is 10.5. The first-order valence-corrected chi connectivity index (χ1v) is 6.58. The molecule has 0 aliphatic carbocycles. The van der Waals surface area contributed by atoms with Gasteiger partial charge in [0.05, 0.1) is 6.04 Å². The maximum Gasteiger partial charge on any atom is 0.573 e. The minimum Gasteiger partial charge on any atom is -0.406 e. The Hall–Kier alpha value is -1.43.